The molecular weight excluding hydrogens is 312 g/mol. The first-order chi connectivity index (χ1) is 9.90. The molecule has 1 amide bonds. The number of rotatable bonds is 5. The van der Waals surface area contributed by atoms with Crippen LogP contribution in [0.15, 0.2) is 34.5 Å². The van der Waals surface area contributed by atoms with E-state index in [0.717, 1.165) is 5.56 Å². The van der Waals surface area contributed by atoms with Crippen molar-refractivity contribution in [3.8, 4) is 0 Å². The maximum atomic E-state index is 12.0. The smallest absolute Gasteiger partial charge is 0.264 e. The highest BCUT2D eigenvalue weighted by molar-refractivity contribution is 7.90. The van der Waals surface area contributed by atoms with E-state index < -0.39 is 15.9 Å². The zero-order chi connectivity index (χ0) is 15.5. The van der Waals surface area contributed by atoms with Crippen LogP contribution in [0.4, 0.5) is 0 Å². The highest BCUT2D eigenvalue weighted by Crippen LogP contribution is 2.12. The number of benzene rings is 1. The van der Waals surface area contributed by atoms with E-state index in [0.29, 0.717) is 10.7 Å². The van der Waals surface area contributed by atoms with Crippen LogP contribution in [0, 0.1) is 6.92 Å². The fraction of sp³-hybridized carbons (Fsp3) is 0.231. The Labute approximate surface area is 126 Å². The Morgan fingerprint density at radius 2 is 2.00 bits per heavy atom. The molecule has 0 fully saturated rings. The third-order valence-corrected chi connectivity index (χ3v) is 4.94. The number of aryl methyl sites for hydroxylation is 1. The molecule has 0 aliphatic heterocycles. The average molecular weight is 326 g/mol. The zero-order valence-electron chi connectivity index (χ0n) is 11.2. The van der Waals surface area contributed by atoms with Gasteiger partial charge in [-0.05, 0) is 19.1 Å². The summed E-state index contributed by atoms with van der Waals surface area (Å²) in [5, 5.41) is 11.0. The largest absolute Gasteiger partial charge is 0.390 e. The molecular formula is C13H14N2O4S2. The second-order valence-electron chi connectivity index (χ2n) is 4.41. The van der Waals surface area contributed by atoms with Gasteiger partial charge in [-0.15, -0.1) is 11.3 Å². The van der Waals surface area contributed by atoms with E-state index in [9.17, 15) is 13.2 Å². The summed E-state index contributed by atoms with van der Waals surface area (Å²) in [5.41, 5.74) is 1.39. The number of amides is 1. The molecule has 1 aromatic heterocycles. The van der Waals surface area contributed by atoms with Crippen molar-refractivity contribution in [3.63, 3.8) is 0 Å². The van der Waals surface area contributed by atoms with Crippen molar-refractivity contribution < 1.29 is 18.3 Å². The molecule has 2 rings (SSSR count). The molecule has 0 unspecified atom stereocenters. The number of nitrogens with one attached hydrogen (secondary N) is 1. The molecule has 0 spiro atoms. The Kier molecular flexibility index (Phi) is 4.71. The number of aliphatic hydroxyl groups is 1. The van der Waals surface area contributed by atoms with Crippen LogP contribution in [0.1, 0.15) is 16.3 Å². The maximum Gasteiger partial charge on any atom is 0.264 e. The summed E-state index contributed by atoms with van der Waals surface area (Å²) in [6, 6.07) is 6.21. The minimum Gasteiger partial charge on any atom is -0.390 e. The highest BCUT2D eigenvalue weighted by atomic mass is 32.2. The number of hydrogen-bond acceptors (Lipinski definition) is 6. The standard InChI is InChI=1S/C13H14N2O4S2/c1-9-2-4-11(5-3-9)21(18,19)15-12(17)6-13-14-10(7-16)8-20-13/h2-5,8,16H,6-7H2,1H3,(H,15,17). The summed E-state index contributed by atoms with van der Waals surface area (Å²) >= 11 is 1.20. The number of carbonyl (C=O) groups is 1. The van der Waals surface area contributed by atoms with Gasteiger partial charge in [-0.25, -0.2) is 18.1 Å². The lowest BCUT2D eigenvalue weighted by atomic mass is 10.2. The van der Waals surface area contributed by atoms with E-state index in [1.165, 1.54) is 23.5 Å². The lowest BCUT2D eigenvalue weighted by Gasteiger charge is -2.06. The molecule has 21 heavy (non-hydrogen) atoms. The number of aliphatic hydroxyl groups excluding tert-OH is 1. The summed E-state index contributed by atoms with van der Waals surface area (Å²) in [5.74, 6) is -0.658. The van der Waals surface area contributed by atoms with Crippen LogP contribution in [0.25, 0.3) is 0 Å². The number of carbonyl (C=O) groups excluding carboxylic acids is 1. The van der Waals surface area contributed by atoms with Gasteiger partial charge in [-0.2, -0.15) is 0 Å². The second-order valence-corrected chi connectivity index (χ2v) is 7.03. The summed E-state index contributed by atoms with van der Waals surface area (Å²) in [6.45, 7) is 1.63. The molecule has 0 atom stereocenters. The number of nitrogens with zero attached hydrogens (tertiary/aromatic N) is 1. The van der Waals surface area contributed by atoms with E-state index >= 15 is 0 Å². The molecule has 0 bridgehead atoms. The molecule has 0 radical (unpaired) electrons. The molecule has 0 aliphatic carbocycles. The fourth-order valence-corrected chi connectivity index (χ4v) is 3.37. The molecule has 112 valence electrons. The van der Waals surface area contributed by atoms with Crippen molar-refractivity contribution in [2.45, 2.75) is 24.8 Å². The molecule has 6 nitrogen and oxygen atoms in total. The van der Waals surface area contributed by atoms with Crippen LogP contribution in [-0.4, -0.2) is 24.4 Å². The van der Waals surface area contributed by atoms with E-state index in [2.05, 4.69) is 4.98 Å². The van der Waals surface area contributed by atoms with Crippen molar-refractivity contribution in [2.75, 3.05) is 0 Å². The Morgan fingerprint density at radius 3 is 2.57 bits per heavy atom. The monoisotopic (exact) mass is 326 g/mol. The summed E-state index contributed by atoms with van der Waals surface area (Å²) in [4.78, 5) is 15.8. The molecule has 2 aromatic rings. The first-order valence-corrected chi connectivity index (χ1v) is 8.43. The van der Waals surface area contributed by atoms with Gasteiger partial charge in [0, 0.05) is 5.38 Å². The van der Waals surface area contributed by atoms with Gasteiger partial charge in [0.2, 0.25) is 5.91 Å². The second kappa shape index (κ2) is 6.33. The molecule has 1 heterocycles. The molecule has 0 saturated carbocycles. The lowest BCUT2D eigenvalue weighted by Crippen LogP contribution is -2.31. The van der Waals surface area contributed by atoms with Gasteiger partial charge in [0.05, 0.1) is 23.6 Å². The van der Waals surface area contributed by atoms with Crippen LogP contribution in [0.2, 0.25) is 0 Å². The van der Waals surface area contributed by atoms with E-state index in [4.69, 9.17) is 5.11 Å². The van der Waals surface area contributed by atoms with Crippen molar-refractivity contribution in [2.24, 2.45) is 0 Å². The van der Waals surface area contributed by atoms with E-state index in [1.807, 2.05) is 11.6 Å². The SMILES string of the molecule is Cc1ccc(S(=O)(=O)NC(=O)Cc2nc(CO)cs2)cc1. The topological polar surface area (TPSA) is 96.4 Å². The van der Waals surface area contributed by atoms with Crippen LogP contribution >= 0.6 is 11.3 Å². The van der Waals surface area contributed by atoms with Crippen molar-refractivity contribution in [1.82, 2.24) is 9.71 Å². The number of thiazole rings is 1. The Morgan fingerprint density at radius 1 is 1.33 bits per heavy atom. The van der Waals surface area contributed by atoms with Gasteiger partial charge in [-0.1, -0.05) is 17.7 Å². The summed E-state index contributed by atoms with van der Waals surface area (Å²) < 4.78 is 26.0. The third kappa shape index (κ3) is 4.10. The molecule has 0 aliphatic rings. The van der Waals surface area contributed by atoms with Gasteiger partial charge in [-0.3, -0.25) is 4.79 Å². The van der Waals surface area contributed by atoms with E-state index in [-0.39, 0.29) is 17.9 Å². The van der Waals surface area contributed by atoms with Crippen LogP contribution in [0.5, 0.6) is 0 Å². The summed E-state index contributed by atoms with van der Waals surface area (Å²) in [7, 11) is -3.87. The van der Waals surface area contributed by atoms with Crippen LogP contribution < -0.4 is 4.72 Å². The maximum absolute atomic E-state index is 12.0. The van der Waals surface area contributed by atoms with Gasteiger partial charge in [0.1, 0.15) is 5.01 Å². The van der Waals surface area contributed by atoms with Gasteiger partial charge in [0.15, 0.2) is 0 Å². The van der Waals surface area contributed by atoms with Crippen LogP contribution in [-0.2, 0) is 27.8 Å². The first-order valence-electron chi connectivity index (χ1n) is 6.07. The van der Waals surface area contributed by atoms with Gasteiger partial charge in [0.25, 0.3) is 10.0 Å². The number of sulfonamides is 1. The minimum absolute atomic E-state index is 0.0386. The lowest BCUT2D eigenvalue weighted by molar-refractivity contribution is -0.118. The summed E-state index contributed by atoms with van der Waals surface area (Å²) in [6.07, 6.45) is -0.143. The predicted molar refractivity (Wildman–Crippen MR) is 78.2 cm³/mol. The number of hydrogen-bond donors (Lipinski definition) is 2. The minimum atomic E-state index is -3.87. The quantitative estimate of drug-likeness (QED) is 0.854. The molecule has 1 aromatic carbocycles. The zero-order valence-corrected chi connectivity index (χ0v) is 12.9. The predicted octanol–water partition coefficient (Wildman–Crippen LogP) is 0.991. The Balaban J connectivity index is 2.05. The van der Waals surface area contributed by atoms with E-state index in [1.54, 1.807) is 17.5 Å². The highest BCUT2D eigenvalue weighted by Gasteiger charge is 2.18. The number of aromatic nitrogens is 1. The van der Waals surface area contributed by atoms with Gasteiger partial charge >= 0.3 is 0 Å². The van der Waals surface area contributed by atoms with Crippen molar-refractivity contribution in [1.29, 1.82) is 0 Å². The first kappa shape index (κ1) is 15.6. The van der Waals surface area contributed by atoms with Crippen LogP contribution in [0.3, 0.4) is 0 Å². The molecule has 8 heteroatoms. The molecule has 2 N–H and O–H groups in total. The third-order valence-electron chi connectivity index (χ3n) is 2.65. The fourth-order valence-electron chi connectivity index (χ4n) is 1.60. The molecule has 0 saturated heterocycles. The Bertz CT molecular complexity index is 736. The van der Waals surface area contributed by atoms with Gasteiger partial charge < -0.3 is 5.11 Å². The van der Waals surface area contributed by atoms with Crippen molar-refractivity contribution >= 4 is 27.3 Å². The Hall–Kier alpha value is -1.77. The van der Waals surface area contributed by atoms with Crippen molar-refractivity contribution in [3.05, 3.63) is 45.9 Å². The average Bonchev–Trinajstić information content (AvgIpc) is 2.86. The normalized spacial score (nSPS) is 11.3.